The normalized spacial score (nSPS) is 10.8. The van der Waals surface area contributed by atoms with Crippen LogP contribution in [0.3, 0.4) is 0 Å². The lowest BCUT2D eigenvalue weighted by atomic mass is 10.1. The lowest BCUT2D eigenvalue weighted by Gasteiger charge is -2.06. The van der Waals surface area contributed by atoms with Gasteiger partial charge >= 0.3 is 0 Å². The minimum Gasteiger partial charge on any atom is -0.241 e. The summed E-state index contributed by atoms with van der Waals surface area (Å²) in [6.07, 6.45) is 1.65. The first-order chi connectivity index (χ1) is 7.66. The first-order valence-corrected chi connectivity index (χ1v) is 5.56. The highest BCUT2D eigenvalue weighted by Crippen LogP contribution is 2.20. The van der Waals surface area contributed by atoms with E-state index in [1.807, 2.05) is 0 Å². The first kappa shape index (κ1) is 10.8. The predicted molar refractivity (Wildman–Crippen MR) is 66.3 cm³/mol. The highest BCUT2D eigenvalue weighted by atomic mass is 14.8. The van der Waals surface area contributed by atoms with Crippen LogP contribution in [0.1, 0.15) is 31.0 Å². The van der Waals surface area contributed by atoms with E-state index >= 15 is 0 Å². The van der Waals surface area contributed by atoms with Crippen LogP contribution in [0.15, 0.2) is 36.7 Å². The predicted octanol–water partition coefficient (Wildman–Crippen LogP) is 3.58. The standard InChI is InChI=1S/C14H16N2/c1-10(2)13-8-14(16-9-15-13)12-6-4-5-11(3)7-12/h4-10H,1-3H3. The van der Waals surface area contributed by atoms with Crippen LogP contribution in [0.2, 0.25) is 0 Å². The van der Waals surface area contributed by atoms with Crippen molar-refractivity contribution < 1.29 is 0 Å². The van der Waals surface area contributed by atoms with E-state index in [9.17, 15) is 0 Å². The lowest BCUT2D eigenvalue weighted by molar-refractivity contribution is 0.815. The highest BCUT2D eigenvalue weighted by Gasteiger charge is 2.04. The van der Waals surface area contributed by atoms with Crippen LogP contribution in [0.4, 0.5) is 0 Å². The number of hydrogen-bond donors (Lipinski definition) is 0. The molecule has 1 aromatic carbocycles. The third kappa shape index (κ3) is 2.27. The van der Waals surface area contributed by atoms with Crippen LogP contribution < -0.4 is 0 Å². The molecular weight excluding hydrogens is 196 g/mol. The molecule has 0 saturated heterocycles. The maximum atomic E-state index is 4.32. The summed E-state index contributed by atoms with van der Waals surface area (Å²) in [5.41, 5.74) is 4.50. The van der Waals surface area contributed by atoms with Gasteiger partial charge in [0.05, 0.1) is 5.69 Å². The van der Waals surface area contributed by atoms with E-state index in [1.165, 1.54) is 5.56 Å². The topological polar surface area (TPSA) is 25.8 Å². The van der Waals surface area contributed by atoms with Gasteiger partial charge in [-0.15, -0.1) is 0 Å². The summed E-state index contributed by atoms with van der Waals surface area (Å²) in [7, 11) is 0. The van der Waals surface area contributed by atoms with Crippen molar-refractivity contribution in [1.29, 1.82) is 0 Å². The maximum absolute atomic E-state index is 4.32. The number of hydrogen-bond acceptors (Lipinski definition) is 2. The Kier molecular flexibility index (Phi) is 3.00. The summed E-state index contributed by atoms with van der Waals surface area (Å²) in [6, 6.07) is 10.4. The maximum Gasteiger partial charge on any atom is 0.116 e. The van der Waals surface area contributed by atoms with Crippen LogP contribution in [-0.2, 0) is 0 Å². The molecule has 0 radical (unpaired) electrons. The number of rotatable bonds is 2. The summed E-state index contributed by atoms with van der Waals surface area (Å²) in [6.45, 7) is 6.37. The Bertz CT molecular complexity index is 490. The Balaban J connectivity index is 2.44. The molecule has 1 heterocycles. The van der Waals surface area contributed by atoms with Crippen LogP contribution in [0.5, 0.6) is 0 Å². The third-order valence-electron chi connectivity index (χ3n) is 2.59. The van der Waals surface area contributed by atoms with E-state index in [0.29, 0.717) is 5.92 Å². The summed E-state index contributed by atoms with van der Waals surface area (Å²) in [4.78, 5) is 8.60. The molecule has 16 heavy (non-hydrogen) atoms. The number of nitrogens with zero attached hydrogens (tertiary/aromatic N) is 2. The second-order valence-electron chi connectivity index (χ2n) is 4.35. The molecule has 2 rings (SSSR count). The Hall–Kier alpha value is -1.70. The monoisotopic (exact) mass is 212 g/mol. The van der Waals surface area contributed by atoms with E-state index in [-0.39, 0.29) is 0 Å². The van der Waals surface area contributed by atoms with Gasteiger partial charge in [-0.05, 0) is 25.0 Å². The van der Waals surface area contributed by atoms with Gasteiger partial charge in [-0.25, -0.2) is 9.97 Å². The Morgan fingerprint density at radius 1 is 1.06 bits per heavy atom. The Morgan fingerprint density at radius 2 is 1.88 bits per heavy atom. The fourth-order valence-corrected chi connectivity index (χ4v) is 1.65. The van der Waals surface area contributed by atoms with Crippen molar-refractivity contribution >= 4 is 0 Å². The third-order valence-corrected chi connectivity index (χ3v) is 2.59. The van der Waals surface area contributed by atoms with Gasteiger partial charge in [-0.1, -0.05) is 37.6 Å². The number of aryl methyl sites for hydroxylation is 1. The molecule has 0 fully saturated rings. The lowest BCUT2D eigenvalue weighted by Crippen LogP contribution is -1.95. The van der Waals surface area contributed by atoms with Gasteiger partial charge in [-0.3, -0.25) is 0 Å². The molecule has 0 aliphatic carbocycles. The van der Waals surface area contributed by atoms with E-state index in [1.54, 1.807) is 6.33 Å². The Labute approximate surface area is 96.4 Å². The second-order valence-corrected chi connectivity index (χ2v) is 4.35. The molecule has 0 aliphatic rings. The zero-order chi connectivity index (χ0) is 11.5. The van der Waals surface area contributed by atoms with Gasteiger partial charge in [0, 0.05) is 11.3 Å². The average Bonchev–Trinajstić information content (AvgIpc) is 2.29. The fourth-order valence-electron chi connectivity index (χ4n) is 1.65. The molecule has 1 aromatic heterocycles. The van der Waals surface area contributed by atoms with Crippen molar-refractivity contribution in [2.24, 2.45) is 0 Å². The fraction of sp³-hybridized carbons (Fsp3) is 0.286. The molecule has 0 amide bonds. The molecule has 0 spiro atoms. The van der Waals surface area contributed by atoms with Crippen molar-refractivity contribution in [1.82, 2.24) is 9.97 Å². The van der Waals surface area contributed by atoms with E-state index in [2.05, 4.69) is 61.1 Å². The van der Waals surface area contributed by atoms with Gasteiger partial charge in [0.1, 0.15) is 6.33 Å². The molecule has 0 N–H and O–H groups in total. The molecule has 0 bridgehead atoms. The van der Waals surface area contributed by atoms with Crippen LogP contribution in [0, 0.1) is 6.92 Å². The average molecular weight is 212 g/mol. The van der Waals surface area contributed by atoms with E-state index in [4.69, 9.17) is 0 Å². The van der Waals surface area contributed by atoms with Gasteiger partial charge in [-0.2, -0.15) is 0 Å². The molecular formula is C14H16N2. The van der Waals surface area contributed by atoms with Crippen molar-refractivity contribution in [2.45, 2.75) is 26.7 Å². The molecule has 0 aliphatic heterocycles. The summed E-state index contributed by atoms with van der Waals surface area (Å²) in [5, 5.41) is 0. The molecule has 2 nitrogen and oxygen atoms in total. The molecule has 2 aromatic rings. The number of benzene rings is 1. The largest absolute Gasteiger partial charge is 0.241 e. The molecule has 0 saturated carbocycles. The van der Waals surface area contributed by atoms with Crippen molar-refractivity contribution in [2.75, 3.05) is 0 Å². The smallest absolute Gasteiger partial charge is 0.116 e. The summed E-state index contributed by atoms with van der Waals surface area (Å²) >= 11 is 0. The SMILES string of the molecule is Cc1cccc(-c2cc(C(C)C)ncn2)c1. The molecule has 82 valence electrons. The van der Waals surface area contributed by atoms with Crippen LogP contribution in [-0.4, -0.2) is 9.97 Å². The number of aromatic nitrogens is 2. The van der Waals surface area contributed by atoms with Crippen molar-refractivity contribution in [3.8, 4) is 11.3 Å². The molecule has 0 atom stereocenters. The summed E-state index contributed by atoms with van der Waals surface area (Å²) < 4.78 is 0. The van der Waals surface area contributed by atoms with E-state index < -0.39 is 0 Å². The minimum absolute atomic E-state index is 0.437. The van der Waals surface area contributed by atoms with Gasteiger partial charge < -0.3 is 0 Å². The quantitative estimate of drug-likeness (QED) is 0.760. The van der Waals surface area contributed by atoms with Gasteiger partial charge in [0.2, 0.25) is 0 Å². The second kappa shape index (κ2) is 4.44. The van der Waals surface area contributed by atoms with Gasteiger partial charge in [0.15, 0.2) is 0 Å². The van der Waals surface area contributed by atoms with E-state index in [0.717, 1.165) is 17.0 Å². The van der Waals surface area contributed by atoms with Crippen LogP contribution >= 0.6 is 0 Å². The van der Waals surface area contributed by atoms with Crippen molar-refractivity contribution in [3.63, 3.8) is 0 Å². The molecule has 2 heteroatoms. The summed E-state index contributed by atoms with van der Waals surface area (Å²) in [5.74, 6) is 0.437. The molecule has 0 unspecified atom stereocenters. The van der Waals surface area contributed by atoms with Crippen LogP contribution in [0.25, 0.3) is 11.3 Å². The zero-order valence-corrected chi connectivity index (χ0v) is 9.94. The van der Waals surface area contributed by atoms with Gasteiger partial charge in [0.25, 0.3) is 0 Å². The highest BCUT2D eigenvalue weighted by molar-refractivity contribution is 5.60. The Morgan fingerprint density at radius 3 is 2.56 bits per heavy atom. The zero-order valence-electron chi connectivity index (χ0n) is 9.94. The minimum atomic E-state index is 0.437. The first-order valence-electron chi connectivity index (χ1n) is 5.56. The van der Waals surface area contributed by atoms with Crippen molar-refractivity contribution in [3.05, 3.63) is 47.9 Å².